The van der Waals surface area contributed by atoms with E-state index in [1.807, 2.05) is 37.3 Å². The quantitative estimate of drug-likeness (QED) is 0.422. The molecule has 0 fully saturated rings. The average Bonchev–Trinajstić information content (AvgIpc) is 3.36. The van der Waals surface area contributed by atoms with Crippen LogP contribution in [-0.2, 0) is 6.42 Å². The average molecular weight is 411 g/mol. The minimum absolute atomic E-state index is 0.441. The van der Waals surface area contributed by atoms with Crippen molar-refractivity contribution in [1.29, 1.82) is 5.26 Å². The SMILES string of the molecule is CCc1ccc2nc(Nc3c(C#N)cnn3-c3cc(C)c4ccccc4n3)sc2c1. The summed E-state index contributed by atoms with van der Waals surface area (Å²) in [5.74, 6) is 1.22. The van der Waals surface area contributed by atoms with E-state index in [1.165, 1.54) is 5.56 Å². The molecular weight excluding hydrogens is 392 g/mol. The summed E-state index contributed by atoms with van der Waals surface area (Å²) in [6.45, 7) is 4.19. The van der Waals surface area contributed by atoms with E-state index < -0.39 is 0 Å². The monoisotopic (exact) mass is 410 g/mol. The first-order valence-corrected chi connectivity index (χ1v) is 10.5. The Balaban J connectivity index is 1.60. The highest BCUT2D eigenvalue weighted by Gasteiger charge is 2.16. The third kappa shape index (κ3) is 3.08. The van der Waals surface area contributed by atoms with Crippen molar-refractivity contribution in [1.82, 2.24) is 19.7 Å². The van der Waals surface area contributed by atoms with Crippen molar-refractivity contribution >= 4 is 43.4 Å². The molecule has 0 atom stereocenters. The van der Waals surface area contributed by atoms with Crippen molar-refractivity contribution in [3.63, 3.8) is 0 Å². The summed E-state index contributed by atoms with van der Waals surface area (Å²) >= 11 is 1.56. The maximum Gasteiger partial charge on any atom is 0.189 e. The molecule has 0 radical (unpaired) electrons. The van der Waals surface area contributed by atoms with Crippen molar-refractivity contribution in [3.8, 4) is 11.9 Å². The van der Waals surface area contributed by atoms with E-state index in [4.69, 9.17) is 4.98 Å². The predicted octanol–water partition coefficient (Wildman–Crippen LogP) is 5.52. The van der Waals surface area contributed by atoms with Gasteiger partial charge in [-0.15, -0.1) is 0 Å². The molecule has 0 amide bonds. The third-order valence-corrected chi connectivity index (χ3v) is 6.04. The Labute approximate surface area is 177 Å². The molecule has 146 valence electrons. The molecule has 7 heteroatoms. The normalized spacial score (nSPS) is 11.1. The molecule has 1 N–H and O–H groups in total. The van der Waals surface area contributed by atoms with E-state index in [9.17, 15) is 5.26 Å². The molecule has 5 rings (SSSR count). The molecular formula is C23H18N6S. The summed E-state index contributed by atoms with van der Waals surface area (Å²) in [6.07, 6.45) is 2.53. The summed E-state index contributed by atoms with van der Waals surface area (Å²) in [5, 5.41) is 19.2. The largest absolute Gasteiger partial charge is 0.315 e. The van der Waals surface area contributed by atoms with E-state index in [0.29, 0.717) is 22.3 Å². The van der Waals surface area contributed by atoms with Crippen molar-refractivity contribution in [2.75, 3.05) is 5.32 Å². The molecule has 0 saturated carbocycles. The first kappa shape index (κ1) is 18.3. The lowest BCUT2D eigenvalue weighted by molar-refractivity contribution is 0.858. The molecule has 0 spiro atoms. The number of para-hydroxylation sites is 1. The Kier molecular flexibility index (Phi) is 4.42. The van der Waals surface area contributed by atoms with Crippen LogP contribution in [0.4, 0.5) is 10.9 Å². The lowest BCUT2D eigenvalue weighted by atomic mass is 10.1. The number of hydrogen-bond acceptors (Lipinski definition) is 6. The number of nitrogens with one attached hydrogen (secondary N) is 1. The third-order valence-electron chi connectivity index (χ3n) is 5.10. The molecule has 5 aromatic rings. The van der Waals surface area contributed by atoms with E-state index >= 15 is 0 Å². The summed E-state index contributed by atoms with van der Waals surface area (Å²) in [6, 6.07) is 18.5. The number of nitrogens with zero attached hydrogens (tertiary/aromatic N) is 5. The minimum Gasteiger partial charge on any atom is -0.315 e. The summed E-state index contributed by atoms with van der Waals surface area (Å²) in [4.78, 5) is 9.43. The zero-order valence-electron chi connectivity index (χ0n) is 16.5. The highest BCUT2D eigenvalue weighted by molar-refractivity contribution is 7.22. The van der Waals surface area contributed by atoms with E-state index in [0.717, 1.165) is 33.1 Å². The number of benzene rings is 2. The number of fused-ring (bicyclic) bond motifs is 2. The number of aryl methyl sites for hydroxylation is 2. The smallest absolute Gasteiger partial charge is 0.189 e. The van der Waals surface area contributed by atoms with E-state index in [-0.39, 0.29) is 0 Å². The van der Waals surface area contributed by atoms with Crippen LogP contribution in [0.1, 0.15) is 23.6 Å². The van der Waals surface area contributed by atoms with Gasteiger partial charge in [0, 0.05) is 5.39 Å². The lowest BCUT2D eigenvalue weighted by Crippen LogP contribution is -2.06. The maximum atomic E-state index is 9.61. The van der Waals surface area contributed by atoms with Crippen LogP contribution < -0.4 is 5.32 Å². The van der Waals surface area contributed by atoms with Crippen LogP contribution in [0.5, 0.6) is 0 Å². The molecule has 3 heterocycles. The zero-order valence-corrected chi connectivity index (χ0v) is 17.4. The minimum atomic E-state index is 0.441. The zero-order chi connectivity index (χ0) is 20.7. The fourth-order valence-electron chi connectivity index (χ4n) is 3.51. The molecule has 3 aromatic heterocycles. The summed E-state index contributed by atoms with van der Waals surface area (Å²) in [7, 11) is 0. The maximum absolute atomic E-state index is 9.61. The van der Waals surface area contributed by atoms with Gasteiger partial charge in [0.25, 0.3) is 0 Å². The van der Waals surface area contributed by atoms with Crippen LogP contribution in [0.15, 0.2) is 54.7 Å². The second kappa shape index (κ2) is 7.25. The second-order valence-corrected chi connectivity index (χ2v) is 8.08. The Bertz CT molecular complexity index is 1440. The Hall–Kier alpha value is -3.76. The van der Waals surface area contributed by atoms with Crippen molar-refractivity contribution in [2.45, 2.75) is 20.3 Å². The Morgan fingerprint density at radius 2 is 1.97 bits per heavy atom. The number of rotatable bonds is 4. The van der Waals surface area contributed by atoms with E-state index in [2.05, 4.69) is 46.6 Å². The van der Waals surface area contributed by atoms with Gasteiger partial charge in [0.2, 0.25) is 0 Å². The van der Waals surface area contributed by atoms with Crippen LogP contribution in [0.25, 0.3) is 26.9 Å². The van der Waals surface area contributed by atoms with Gasteiger partial charge in [-0.1, -0.05) is 42.5 Å². The molecule has 6 nitrogen and oxygen atoms in total. The van der Waals surface area contributed by atoms with Gasteiger partial charge in [0.15, 0.2) is 16.8 Å². The standard InChI is InChI=1S/C23H18N6S/c1-3-15-8-9-19-20(11-15)30-23(27-19)28-22-16(12-24)13-25-29(22)21-10-14(2)17-6-4-5-7-18(17)26-21/h4-11,13H,3H2,1-2H3,(H,27,28). The van der Waals surface area contributed by atoms with Crippen LogP contribution >= 0.6 is 11.3 Å². The number of anilines is 2. The first-order valence-electron chi connectivity index (χ1n) is 9.67. The van der Waals surface area contributed by atoms with Gasteiger partial charge in [-0.05, 0) is 48.7 Å². The van der Waals surface area contributed by atoms with Crippen molar-refractivity contribution in [2.24, 2.45) is 0 Å². The molecule has 0 aliphatic heterocycles. The van der Waals surface area contributed by atoms with Gasteiger partial charge in [-0.25, -0.2) is 9.97 Å². The molecule has 0 aliphatic carbocycles. The second-order valence-electron chi connectivity index (χ2n) is 7.04. The number of aromatic nitrogens is 4. The Morgan fingerprint density at radius 3 is 2.80 bits per heavy atom. The van der Waals surface area contributed by atoms with Gasteiger partial charge < -0.3 is 5.32 Å². The van der Waals surface area contributed by atoms with Gasteiger partial charge in [-0.3, -0.25) is 0 Å². The van der Waals surface area contributed by atoms with Crippen LogP contribution in [-0.4, -0.2) is 19.7 Å². The first-order chi connectivity index (χ1) is 14.7. The summed E-state index contributed by atoms with van der Waals surface area (Å²) in [5.41, 5.74) is 4.64. The number of pyridine rings is 1. The molecule has 0 saturated heterocycles. The molecule has 0 aliphatic rings. The number of thiazole rings is 1. The highest BCUT2D eigenvalue weighted by Crippen LogP contribution is 2.31. The van der Waals surface area contributed by atoms with Gasteiger partial charge in [-0.2, -0.15) is 15.0 Å². The Morgan fingerprint density at radius 1 is 1.10 bits per heavy atom. The fourth-order valence-corrected chi connectivity index (χ4v) is 4.44. The van der Waals surface area contributed by atoms with Gasteiger partial charge >= 0.3 is 0 Å². The fraction of sp³-hybridized carbons (Fsp3) is 0.130. The van der Waals surface area contributed by atoms with Gasteiger partial charge in [0.05, 0.1) is 21.9 Å². The molecule has 0 bridgehead atoms. The highest BCUT2D eigenvalue weighted by atomic mass is 32.1. The van der Waals surface area contributed by atoms with E-state index in [1.54, 1.807) is 22.2 Å². The van der Waals surface area contributed by atoms with Crippen LogP contribution in [0, 0.1) is 18.3 Å². The summed E-state index contributed by atoms with van der Waals surface area (Å²) < 4.78 is 2.78. The topological polar surface area (TPSA) is 79.4 Å². The van der Waals surface area contributed by atoms with Crippen LogP contribution in [0.3, 0.4) is 0 Å². The van der Waals surface area contributed by atoms with Crippen molar-refractivity contribution < 1.29 is 0 Å². The molecule has 0 unspecified atom stereocenters. The number of nitriles is 1. The van der Waals surface area contributed by atoms with Crippen LogP contribution in [0.2, 0.25) is 0 Å². The lowest BCUT2D eigenvalue weighted by Gasteiger charge is -2.10. The predicted molar refractivity (Wildman–Crippen MR) is 121 cm³/mol. The molecule has 2 aromatic carbocycles. The van der Waals surface area contributed by atoms with Crippen molar-refractivity contribution in [3.05, 3.63) is 71.4 Å². The van der Waals surface area contributed by atoms with Gasteiger partial charge in [0.1, 0.15) is 11.6 Å². The number of hydrogen-bond donors (Lipinski definition) is 1. The molecule has 30 heavy (non-hydrogen) atoms.